The van der Waals surface area contributed by atoms with E-state index in [4.69, 9.17) is 18.9 Å². The maximum atomic E-state index is 12.6. The lowest BCUT2D eigenvalue weighted by atomic mass is 10.1. The van der Waals surface area contributed by atoms with E-state index >= 15 is 0 Å². The van der Waals surface area contributed by atoms with Crippen LogP contribution in [0.25, 0.3) is 0 Å². The van der Waals surface area contributed by atoms with Crippen LogP contribution in [0.1, 0.15) is 6.42 Å². The van der Waals surface area contributed by atoms with E-state index in [1.807, 2.05) is 12.1 Å². The number of carbonyl (C=O) groups is 3. The Labute approximate surface area is 208 Å². The lowest BCUT2D eigenvalue weighted by Crippen LogP contribution is -2.28. The second kappa shape index (κ2) is 11.3. The van der Waals surface area contributed by atoms with Crippen molar-refractivity contribution in [2.45, 2.75) is 6.42 Å². The number of ether oxygens (including phenoxy) is 4. The second-order valence-corrected chi connectivity index (χ2v) is 8.04. The van der Waals surface area contributed by atoms with Crippen LogP contribution in [-0.4, -0.2) is 45.2 Å². The van der Waals surface area contributed by atoms with E-state index in [-0.39, 0.29) is 18.9 Å². The number of nitrogens with one attached hydrogen (secondary N) is 1. The predicted molar refractivity (Wildman–Crippen MR) is 133 cm³/mol. The molecular formula is C27H26N2O7. The number of amides is 2. The van der Waals surface area contributed by atoms with E-state index in [2.05, 4.69) is 5.32 Å². The Morgan fingerprint density at radius 2 is 1.56 bits per heavy atom. The van der Waals surface area contributed by atoms with Gasteiger partial charge in [0.05, 0.1) is 20.1 Å². The first-order valence-electron chi connectivity index (χ1n) is 11.3. The molecule has 1 fully saturated rings. The number of anilines is 2. The first-order chi connectivity index (χ1) is 17.5. The number of hydrogen-bond acceptors (Lipinski definition) is 7. The molecule has 1 aliphatic heterocycles. The third kappa shape index (κ3) is 5.93. The molecule has 0 radical (unpaired) electrons. The highest BCUT2D eigenvalue weighted by molar-refractivity contribution is 6.00. The largest absolute Gasteiger partial charge is 0.497 e. The first kappa shape index (κ1) is 24.6. The molecule has 36 heavy (non-hydrogen) atoms. The van der Waals surface area contributed by atoms with Crippen LogP contribution in [0.2, 0.25) is 0 Å². The summed E-state index contributed by atoms with van der Waals surface area (Å²) in [5.41, 5.74) is 1.19. The predicted octanol–water partition coefficient (Wildman–Crippen LogP) is 4.03. The Bertz CT molecular complexity index is 1230. The molecule has 1 atom stereocenters. The van der Waals surface area contributed by atoms with E-state index in [0.29, 0.717) is 34.4 Å². The molecule has 3 aromatic carbocycles. The Balaban J connectivity index is 1.29. The average molecular weight is 491 g/mol. The molecule has 4 rings (SSSR count). The third-order valence-electron chi connectivity index (χ3n) is 5.62. The molecule has 1 saturated heterocycles. The van der Waals surface area contributed by atoms with Gasteiger partial charge in [0.1, 0.15) is 11.5 Å². The van der Waals surface area contributed by atoms with E-state index in [9.17, 15) is 14.4 Å². The Morgan fingerprint density at radius 1 is 0.889 bits per heavy atom. The van der Waals surface area contributed by atoms with E-state index < -0.39 is 24.4 Å². The summed E-state index contributed by atoms with van der Waals surface area (Å²) >= 11 is 0. The van der Waals surface area contributed by atoms with Crippen molar-refractivity contribution < 1.29 is 33.3 Å². The molecule has 1 heterocycles. The van der Waals surface area contributed by atoms with Crippen LogP contribution in [0.15, 0.2) is 72.8 Å². The van der Waals surface area contributed by atoms with Crippen LogP contribution in [0.4, 0.5) is 11.4 Å². The minimum absolute atomic E-state index is 0.0123. The van der Waals surface area contributed by atoms with Crippen molar-refractivity contribution in [3.05, 3.63) is 72.8 Å². The standard InChI is InChI=1S/C27H26N2O7/c1-33-21-11-7-19(8-12-21)28-25(30)17-35-27(32)18-15-26(31)29(16-18)20-9-13-22(14-10-20)36-24-6-4-3-5-23(24)34-2/h3-14,18H,15-17H2,1-2H3,(H,28,30)/t18-/m0/s1. The van der Waals surface area contributed by atoms with Crippen molar-refractivity contribution in [1.29, 1.82) is 0 Å². The SMILES string of the molecule is COc1ccc(NC(=O)COC(=O)[C@H]2CC(=O)N(c3ccc(Oc4ccccc4OC)cc3)C2)cc1. The number of hydrogen-bond donors (Lipinski definition) is 1. The van der Waals surface area contributed by atoms with Gasteiger partial charge in [-0.2, -0.15) is 0 Å². The van der Waals surface area contributed by atoms with Crippen molar-refractivity contribution in [3.63, 3.8) is 0 Å². The molecule has 9 nitrogen and oxygen atoms in total. The summed E-state index contributed by atoms with van der Waals surface area (Å²) in [7, 11) is 3.12. The summed E-state index contributed by atoms with van der Waals surface area (Å²) in [5.74, 6) is 0.502. The number of methoxy groups -OCH3 is 2. The third-order valence-corrected chi connectivity index (χ3v) is 5.62. The zero-order valence-electron chi connectivity index (χ0n) is 19.9. The van der Waals surface area contributed by atoms with Gasteiger partial charge in [0.2, 0.25) is 5.91 Å². The summed E-state index contributed by atoms with van der Waals surface area (Å²) < 4.78 is 21.4. The molecule has 0 bridgehead atoms. The molecule has 0 spiro atoms. The quantitative estimate of drug-likeness (QED) is 0.452. The van der Waals surface area contributed by atoms with Crippen LogP contribution in [0.5, 0.6) is 23.0 Å². The second-order valence-electron chi connectivity index (χ2n) is 8.04. The Kier molecular flexibility index (Phi) is 7.69. The van der Waals surface area contributed by atoms with E-state index in [1.54, 1.807) is 74.9 Å². The van der Waals surface area contributed by atoms with Crippen molar-refractivity contribution in [1.82, 2.24) is 0 Å². The minimum Gasteiger partial charge on any atom is -0.497 e. The smallest absolute Gasteiger partial charge is 0.311 e. The van der Waals surface area contributed by atoms with Gasteiger partial charge in [-0.1, -0.05) is 12.1 Å². The molecule has 3 aromatic rings. The first-order valence-corrected chi connectivity index (χ1v) is 11.3. The number of nitrogens with zero attached hydrogens (tertiary/aromatic N) is 1. The minimum atomic E-state index is -0.657. The van der Waals surface area contributed by atoms with Gasteiger partial charge < -0.3 is 29.2 Å². The molecule has 186 valence electrons. The molecule has 9 heteroatoms. The fourth-order valence-electron chi connectivity index (χ4n) is 3.77. The number of rotatable bonds is 9. The van der Waals surface area contributed by atoms with Crippen LogP contribution < -0.4 is 24.4 Å². The van der Waals surface area contributed by atoms with Gasteiger partial charge in [-0.05, 0) is 60.7 Å². The van der Waals surface area contributed by atoms with Crippen molar-refractivity contribution in [2.24, 2.45) is 5.92 Å². The highest BCUT2D eigenvalue weighted by Crippen LogP contribution is 2.33. The van der Waals surface area contributed by atoms with E-state index in [1.165, 1.54) is 4.90 Å². The number of benzene rings is 3. The topological polar surface area (TPSA) is 103 Å². The van der Waals surface area contributed by atoms with Gasteiger partial charge >= 0.3 is 5.97 Å². The Hall–Kier alpha value is -4.53. The normalized spacial score (nSPS) is 14.8. The summed E-state index contributed by atoms with van der Waals surface area (Å²) in [6.45, 7) is -0.269. The van der Waals surface area contributed by atoms with Gasteiger partial charge in [-0.25, -0.2) is 0 Å². The maximum Gasteiger partial charge on any atom is 0.311 e. The lowest BCUT2D eigenvalue weighted by Gasteiger charge is -2.17. The molecule has 0 saturated carbocycles. The Morgan fingerprint density at radius 3 is 2.22 bits per heavy atom. The van der Waals surface area contributed by atoms with E-state index in [0.717, 1.165) is 0 Å². The zero-order chi connectivity index (χ0) is 25.5. The molecular weight excluding hydrogens is 464 g/mol. The molecule has 2 amide bonds. The number of para-hydroxylation sites is 2. The maximum absolute atomic E-state index is 12.6. The summed E-state index contributed by atoms with van der Waals surface area (Å²) in [4.78, 5) is 38.7. The monoisotopic (exact) mass is 490 g/mol. The molecule has 0 aromatic heterocycles. The van der Waals surface area contributed by atoms with Crippen LogP contribution >= 0.6 is 0 Å². The molecule has 1 N–H and O–H groups in total. The molecule has 1 aliphatic rings. The van der Waals surface area contributed by atoms with Crippen molar-refractivity contribution >= 4 is 29.2 Å². The summed E-state index contributed by atoms with van der Waals surface area (Å²) in [6.07, 6.45) is 0.0123. The average Bonchev–Trinajstić information content (AvgIpc) is 3.30. The molecule has 0 unspecified atom stereocenters. The lowest BCUT2D eigenvalue weighted by molar-refractivity contribution is -0.151. The van der Waals surface area contributed by atoms with Gasteiger partial charge in [0.25, 0.3) is 5.91 Å². The fourth-order valence-corrected chi connectivity index (χ4v) is 3.77. The fraction of sp³-hybridized carbons (Fsp3) is 0.222. The summed E-state index contributed by atoms with van der Waals surface area (Å²) in [5, 5.41) is 2.64. The zero-order valence-corrected chi connectivity index (χ0v) is 19.9. The number of esters is 1. The molecule has 0 aliphatic carbocycles. The van der Waals surface area contributed by atoms with Crippen LogP contribution in [-0.2, 0) is 19.1 Å². The summed E-state index contributed by atoms with van der Waals surface area (Å²) in [6, 6.07) is 21.0. The number of carbonyl (C=O) groups excluding carboxylic acids is 3. The highest BCUT2D eigenvalue weighted by Gasteiger charge is 2.36. The van der Waals surface area contributed by atoms with Gasteiger partial charge in [-0.3, -0.25) is 14.4 Å². The van der Waals surface area contributed by atoms with Crippen LogP contribution in [0, 0.1) is 5.92 Å². The van der Waals surface area contributed by atoms with Crippen molar-refractivity contribution in [2.75, 3.05) is 37.6 Å². The highest BCUT2D eigenvalue weighted by atomic mass is 16.5. The van der Waals surface area contributed by atoms with Gasteiger partial charge in [-0.15, -0.1) is 0 Å². The van der Waals surface area contributed by atoms with Crippen LogP contribution in [0.3, 0.4) is 0 Å². The van der Waals surface area contributed by atoms with Crippen molar-refractivity contribution in [3.8, 4) is 23.0 Å². The van der Waals surface area contributed by atoms with Gasteiger partial charge in [0, 0.05) is 24.3 Å². The van der Waals surface area contributed by atoms with Gasteiger partial charge in [0.15, 0.2) is 18.1 Å².